The van der Waals surface area contributed by atoms with Gasteiger partial charge in [0.25, 0.3) is 11.9 Å². The summed E-state index contributed by atoms with van der Waals surface area (Å²) in [5, 5.41) is 0. The van der Waals surface area contributed by atoms with Crippen LogP contribution in [0.5, 0.6) is 0 Å². The van der Waals surface area contributed by atoms with E-state index in [4.69, 9.17) is 10.5 Å². The van der Waals surface area contributed by atoms with Crippen molar-refractivity contribution < 1.29 is 9.53 Å². The maximum absolute atomic E-state index is 11.3. The summed E-state index contributed by atoms with van der Waals surface area (Å²) in [6.07, 6.45) is 1.33. The van der Waals surface area contributed by atoms with Crippen molar-refractivity contribution in [2.45, 2.75) is 11.0 Å². The Hall–Kier alpha value is -1.49. The summed E-state index contributed by atoms with van der Waals surface area (Å²) < 4.78 is 5.10. The monoisotopic (exact) mass is 222 g/mol. The molecule has 78 valence electrons. The van der Waals surface area contributed by atoms with E-state index < -0.39 is 6.10 Å². The van der Waals surface area contributed by atoms with E-state index in [1.54, 1.807) is 11.8 Å². The number of rotatable bonds is 2. The molecule has 0 saturated heterocycles. The van der Waals surface area contributed by atoms with Crippen molar-refractivity contribution in [3.05, 3.63) is 29.8 Å². The Labute approximate surface area is 91.5 Å². The van der Waals surface area contributed by atoms with Crippen LogP contribution in [0.4, 0.5) is 0 Å². The molecule has 0 spiro atoms. The molecule has 0 saturated carbocycles. The molecule has 2 rings (SSSR count). The van der Waals surface area contributed by atoms with Crippen molar-refractivity contribution in [1.29, 1.82) is 0 Å². The fourth-order valence-corrected chi connectivity index (χ4v) is 1.76. The van der Waals surface area contributed by atoms with Gasteiger partial charge in [-0.15, -0.1) is 11.8 Å². The number of nitrogens with two attached hydrogens (primary N) is 1. The van der Waals surface area contributed by atoms with Gasteiger partial charge in [-0.25, -0.2) is 0 Å². The highest BCUT2D eigenvalue weighted by Crippen LogP contribution is 2.25. The van der Waals surface area contributed by atoms with E-state index in [1.165, 1.54) is 0 Å². The Kier molecular flexibility index (Phi) is 2.64. The number of nitrogens with zero attached hydrogens (tertiary/aromatic N) is 1. The summed E-state index contributed by atoms with van der Waals surface area (Å²) in [4.78, 5) is 16.0. The quantitative estimate of drug-likeness (QED) is 0.766. The summed E-state index contributed by atoms with van der Waals surface area (Å²) in [5.41, 5.74) is 6.09. The van der Waals surface area contributed by atoms with Crippen LogP contribution in [0, 0.1) is 0 Å². The lowest BCUT2D eigenvalue weighted by atomic mass is 10.1. The normalized spacial score (nSPS) is 19.9. The van der Waals surface area contributed by atoms with Gasteiger partial charge >= 0.3 is 0 Å². The first-order valence-electron chi connectivity index (χ1n) is 4.39. The number of benzene rings is 1. The molecule has 1 unspecified atom stereocenters. The van der Waals surface area contributed by atoms with Gasteiger partial charge in [0.1, 0.15) is 0 Å². The van der Waals surface area contributed by atoms with Gasteiger partial charge in [-0.05, 0) is 18.4 Å². The number of aliphatic imine (C=N–C) groups is 1. The van der Waals surface area contributed by atoms with E-state index in [-0.39, 0.29) is 11.9 Å². The third-order valence-corrected chi connectivity index (χ3v) is 2.85. The first-order valence-corrected chi connectivity index (χ1v) is 5.62. The van der Waals surface area contributed by atoms with Crippen LogP contribution in [0.2, 0.25) is 0 Å². The van der Waals surface area contributed by atoms with Crippen LogP contribution in [-0.4, -0.2) is 18.2 Å². The van der Waals surface area contributed by atoms with E-state index in [2.05, 4.69) is 4.99 Å². The van der Waals surface area contributed by atoms with E-state index in [1.807, 2.05) is 30.5 Å². The van der Waals surface area contributed by atoms with E-state index in [9.17, 15) is 4.79 Å². The molecular formula is C10H10N2O2S. The maximum atomic E-state index is 11.3. The molecule has 5 heteroatoms. The SMILES string of the molecule is CSc1ccc(C2OC(N)=NC2=O)cc1. The number of carbonyl (C=O) groups excluding carboxylic acids is 1. The summed E-state index contributed by atoms with van der Waals surface area (Å²) in [7, 11) is 0. The predicted octanol–water partition coefficient (Wildman–Crippen LogP) is 1.32. The fraction of sp³-hybridized carbons (Fsp3) is 0.200. The van der Waals surface area contributed by atoms with Crippen LogP contribution in [-0.2, 0) is 9.53 Å². The second-order valence-corrected chi connectivity index (χ2v) is 3.94. The minimum absolute atomic E-state index is 0.0565. The average molecular weight is 222 g/mol. The molecule has 15 heavy (non-hydrogen) atoms. The molecule has 0 bridgehead atoms. The van der Waals surface area contributed by atoms with E-state index in [0.29, 0.717) is 0 Å². The highest BCUT2D eigenvalue weighted by molar-refractivity contribution is 7.98. The molecule has 1 aliphatic rings. The molecule has 0 aromatic heterocycles. The van der Waals surface area contributed by atoms with Gasteiger partial charge in [-0.1, -0.05) is 12.1 Å². The predicted molar refractivity (Wildman–Crippen MR) is 58.7 cm³/mol. The van der Waals surface area contributed by atoms with Gasteiger partial charge in [0.2, 0.25) is 6.10 Å². The summed E-state index contributed by atoms with van der Waals surface area (Å²) in [5.74, 6) is -0.343. The van der Waals surface area contributed by atoms with Crippen LogP contribution in [0.3, 0.4) is 0 Å². The molecule has 1 heterocycles. The van der Waals surface area contributed by atoms with Gasteiger partial charge in [0.15, 0.2) is 0 Å². The lowest BCUT2D eigenvalue weighted by Crippen LogP contribution is -2.13. The Balaban J connectivity index is 2.21. The molecular weight excluding hydrogens is 212 g/mol. The van der Waals surface area contributed by atoms with Crippen LogP contribution in [0.1, 0.15) is 11.7 Å². The van der Waals surface area contributed by atoms with Crippen molar-refractivity contribution in [1.82, 2.24) is 0 Å². The number of thioether (sulfide) groups is 1. The van der Waals surface area contributed by atoms with Gasteiger partial charge in [-0.3, -0.25) is 4.79 Å². The zero-order valence-electron chi connectivity index (χ0n) is 8.14. The molecule has 1 aromatic carbocycles. The first kappa shape index (κ1) is 10.0. The van der Waals surface area contributed by atoms with Gasteiger partial charge in [0.05, 0.1) is 0 Å². The van der Waals surface area contributed by atoms with Gasteiger partial charge < -0.3 is 10.5 Å². The second kappa shape index (κ2) is 3.94. The number of hydrogen-bond acceptors (Lipinski definition) is 4. The Morgan fingerprint density at radius 3 is 2.53 bits per heavy atom. The van der Waals surface area contributed by atoms with Crippen LogP contribution >= 0.6 is 11.8 Å². The van der Waals surface area contributed by atoms with Crippen molar-refractivity contribution >= 4 is 23.7 Å². The number of ether oxygens (including phenoxy) is 1. The Morgan fingerprint density at radius 1 is 1.40 bits per heavy atom. The number of carbonyl (C=O) groups is 1. The molecule has 1 aliphatic heterocycles. The maximum Gasteiger partial charge on any atom is 0.296 e. The fourth-order valence-electron chi connectivity index (χ4n) is 1.35. The van der Waals surface area contributed by atoms with Crippen LogP contribution in [0.15, 0.2) is 34.2 Å². The molecule has 1 amide bonds. The van der Waals surface area contributed by atoms with Crippen molar-refractivity contribution in [2.75, 3.05) is 6.26 Å². The Bertz CT molecular complexity index is 414. The third-order valence-electron chi connectivity index (χ3n) is 2.10. The van der Waals surface area contributed by atoms with Crippen molar-refractivity contribution in [3.8, 4) is 0 Å². The topological polar surface area (TPSA) is 64.7 Å². The van der Waals surface area contributed by atoms with Gasteiger partial charge in [0, 0.05) is 10.5 Å². The molecule has 0 fully saturated rings. The summed E-state index contributed by atoms with van der Waals surface area (Å²) in [6.45, 7) is 0. The molecule has 1 aromatic rings. The molecule has 0 aliphatic carbocycles. The Morgan fingerprint density at radius 2 is 2.07 bits per heavy atom. The number of amidine groups is 1. The number of amides is 1. The summed E-state index contributed by atoms with van der Waals surface area (Å²) in [6, 6.07) is 7.51. The lowest BCUT2D eigenvalue weighted by Gasteiger charge is -2.08. The van der Waals surface area contributed by atoms with E-state index in [0.717, 1.165) is 10.5 Å². The molecule has 0 radical (unpaired) electrons. The minimum Gasteiger partial charge on any atom is -0.447 e. The number of hydrogen-bond donors (Lipinski definition) is 1. The van der Waals surface area contributed by atoms with Crippen LogP contribution < -0.4 is 5.73 Å². The summed E-state index contributed by atoms with van der Waals surface area (Å²) >= 11 is 1.64. The van der Waals surface area contributed by atoms with E-state index >= 15 is 0 Å². The molecule has 4 nitrogen and oxygen atoms in total. The van der Waals surface area contributed by atoms with Crippen molar-refractivity contribution in [3.63, 3.8) is 0 Å². The average Bonchev–Trinajstić information content (AvgIpc) is 2.58. The highest BCUT2D eigenvalue weighted by atomic mass is 32.2. The highest BCUT2D eigenvalue weighted by Gasteiger charge is 2.28. The zero-order valence-corrected chi connectivity index (χ0v) is 8.95. The molecule has 2 N–H and O–H groups in total. The smallest absolute Gasteiger partial charge is 0.296 e. The minimum atomic E-state index is -0.666. The van der Waals surface area contributed by atoms with Crippen molar-refractivity contribution in [2.24, 2.45) is 10.7 Å². The second-order valence-electron chi connectivity index (χ2n) is 3.06. The lowest BCUT2D eigenvalue weighted by molar-refractivity contribution is -0.122. The first-order chi connectivity index (χ1) is 7.20. The molecule has 1 atom stereocenters. The largest absolute Gasteiger partial charge is 0.447 e. The van der Waals surface area contributed by atoms with Gasteiger partial charge in [-0.2, -0.15) is 4.99 Å². The standard InChI is InChI=1S/C10H10N2O2S/c1-15-7-4-2-6(3-5-7)8-9(13)12-10(11)14-8/h2-5,8H,1H3,(H2,11,12,13). The zero-order chi connectivity index (χ0) is 10.8. The van der Waals surface area contributed by atoms with Crippen LogP contribution in [0.25, 0.3) is 0 Å². The third kappa shape index (κ3) is 1.97.